The highest BCUT2D eigenvalue weighted by Crippen LogP contribution is 2.26. The van der Waals surface area contributed by atoms with Gasteiger partial charge in [-0.1, -0.05) is 18.2 Å². The Bertz CT molecular complexity index is 584. The van der Waals surface area contributed by atoms with Crippen molar-refractivity contribution in [2.75, 3.05) is 25.6 Å². The van der Waals surface area contributed by atoms with Gasteiger partial charge in [0.15, 0.2) is 11.5 Å². The van der Waals surface area contributed by atoms with E-state index in [4.69, 9.17) is 19.9 Å². The lowest BCUT2D eigenvalue weighted by molar-refractivity contribution is 0.208. The first kappa shape index (κ1) is 15.0. The normalized spacial score (nSPS) is 10.2. The van der Waals surface area contributed by atoms with Gasteiger partial charge in [-0.05, 0) is 38.1 Å². The Kier molecular flexibility index (Phi) is 5.32. The van der Waals surface area contributed by atoms with E-state index in [0.717, 1.165) is 28.5 Å². The smallest absolute Gasteiger partial charge is 0.161 e. The minimum absolute atomic E-state index is 0.443. The van der Waals surface area contributed by atoms with Crippen LogP contribution in [0, 0.1) is 6.92 Å². The summed E-state index contributed by atoms with van der Waals surface area (Å²) in [6.45, 7) is 5.39. The lowest BCUT2D eigenvalue weighted by Gasteiger charge is -2.13. The van der Waals surface area contributed by atoms with E-state index in [2.05, 4.69) is 0 Å². The van der Waals surface area contributed by atoms with Crippen molar-refractivity contribution in [2.24, 2.45) is 0 Å². The second kappa shape index (κ2) is 7.43. The lowest BCUT2D eigenvalue weighted by Crippen LogP contribution is -2.10. The van der Waals surface area contributed by atoms with Crippen LogP contribution in [0.15, 0.2) is 42.5 Å². The van der Waals surface area contributed by atoms with Crippen LogP contribution in [0.1, 0.15) is 12.5 Å². The van der Waals surface area contributed by atoms with Gasteiger partial charge in [0.1, 0.15) is 19.0 Å². The van der Waals surface area contributed by atoms with Crippen molar-refractivity contribution in [1.82, 2.24) is 0 Å². The monoisotopic (exact) mass is 287 g/mol. The highest BCUT2D eigenvalue weighted by Gasteiger charge is 2.05. The van der Waals surface area contributed by atoms with Gasteiger partial charge in [0.2, 0.25) is 0 Å². The second-order valence-corrected chi connectivity index (χ2v) is 4.55. The number of anilines is 1. The minimum Gasteiger partial charge on any atom is -0.490 e. The molecule has 0 aliphatic carbocycles. The Hall–Kier alpha value is -2.36. The first-order chi connectivity index (χ1) is 10.2. The van der Waals surface area contributed by atoms with Crippen molar-refractivity contribution in [3.63, 3.8) is 0 Å². The summed E-state index contributed by atoms with van der Waals surface area (Å²) in [5.41, 5.74) is 7.52. The molecule has 2 aromatic carbocycles. The Labute approximate surface area is 125 Å². The van der Waals surface area contributed by atoms with Crippen LogP contribution in [0.25, 0.3) is 0 Å². The first-order valence-electron chi connectivity index (χ1n) is 7.05. The van der Waals surface area contributed by atoms with Crippen molar-refractivity contribution in [3.8, 4) is 17.2 Å². The fourth-order valence-corrected chi connectivity index (χ4v) is 1.94. The fraction of sp³-hybridized carbons (Fsp3) is 0.294. The van der Waals surface area contributed by atoms with Crippen LogP contribution in [0.5, 0.6) is 17.2 Å². The molecule has 2 aromatic rings. The maximum Gasteiger partial charge on any atom is 0.161 e. The highest BCUT2D eigenvalue weighted by atomic mass is 16.5. The van der Waals surface area contributed by atoms with Gasteiger partial charge in [-0.25, -0.2) is 0 Å². The summed E-state index contributed by atoms with van der Waals surface area (Å²) in [4.78, 5) is 0. The average Bonchev–Trinajstić information content (AvgIpc) is 2.49. The molecule has 0 atom stereocenters. The molecule has 0 aliphatic heterocycles. The summed E-state index contributed by atoms with van der Waals surface area (Å²) in [5.74, 6) is 2.27. The molecule has 0 spiro atoms. The van der Waals surface area contributed by atoms with Gasteiger partial charge in [-0.3, -0.25) is 0 Å². The third-order valence-electron chi connectivity index (χ3n) is 3.07. The van der Waals surface area contributed by atoms with Gasteiger partial charge in [0.25, 0.3) is 0 Å². The number of benzene rings is 2. The number of para-hydroxylation sites is 2. The van der Waals surface area contributed by atoms with Crippen LogP contribution < -0.4 is 19.9 Å². The molecule has 4 nitrogen and oxygen atoms in total. The molecule has 0 aliphatic rings. The molecule has 2 rings (SSSR count). The molecule has 0 saturated carbocycles. The molecule has 0 aromatic heterocycles. The van der Waals surface area contributed by atoms with E-state index in [9.17, 15) is 0 Å². The summed E-state index contributed by atoms with van der Waals surface area (Å²) in [7, 11) is 0. The third kappa shape index (κ3) is 4.05. The van der Waals surface area contributed by atoms with Crippen LogP contribution in [0.3, 0.4) is 0 Å². The van der Waals surface area contributed by atoms with E-state index < -0.39 is 0 Å². The molecule has 0 bridgehead atoms. The van der Waals surface area contributed by atoms with E-state index in [0.29, 0.717) is 19.8 Å². The van der Waals surface area contributed by atoms with E-state index in [-0.39, 0.29) is 0 Å². The van der Waals surface area contributed by atoms with Crippen molar-refractivity contribution in [1.29, 1.82) is 0 Å². The molecule has 0 heterocycles. The zero-order chi connectivity index (χ0) is 15.1. The largest absolute Gasteiger partial charge is 0.490 e. The van der Waals surface area contributed by atoms with Crippen LogP contribution >= 0.6 is 0 Å². The predicted molar refractivity (Wildman–Crippen MR) is 84.2 cm³/mol. The molecular formula is C17H21NO3. The topological polar surface area (TPSA) is 53.7 Å². The van der Waals surface area contributed by atoms with E-state index in [1.165, 1.54) is 0 Å². The van der Waals surface area contributed by atoms with Crippen LogP contribution in [0.2, 0.25) is 0 Å². The molecule has 0 radical (unpaired) electrons. The summed E-state index contributed by atoms with van der Waals surface area (Å²) in [6.07, 6.45) is 0. The Morgan fingerprint density at radius 3 is 2.05 bits per heavy atom. The van der Waals surface area contributed by atoms with Crippen molar-refractivity contribution >= 4 is 5.69 Å². The number of hydrogen-bond donors (Lipinski definition) is 1. The second-order valence-electron chi connectivity index (χ2n) is 4.55. The maximum absolute atomic E-state index is 5.84. The number of rotatable bonds is 7. The van der Waals surface area contributed by atoms with Crippen LogP contribution in [-0.4, -0.2) is 19.8 Å². The fourth-order valence-electron chi connectivity index (χ4n) is 1.94. The van der Waals surface area contributed by atoms with E-state index >= 15 is 0 Å². The molecule has 21 heavy (non-hydrogen) atoms. The Balaban J connectivity index is 1.86. The molecule has 0 unspecified atom stereocenters. The molecule has 112 valence electrons. The number of nitrogen functional groups attached to an aromatic ring is 1. The molecule has 0 saturated heterocycles. The van der Waals surface area contributed by atoms with Gasteiger partial charge in [0.05, 0.1) is 6.61 Å². The van der Waals surface area contributed by atoms with Gasteiger partial charge in [-0.15, -0.1) is 0 Å². The quantitative estimate of drug-likeness (QED) is 0.626. The average molecular weight is 287 g/mol. The lowest BCUT2D eigenvalue weighted by atomic mass is 10.2. The summed E-state index contributed by atoms with van der Waals surface area (Å²) in [5, 5.41) is 0. The van der Waals surface area contributed by atoms with Gasteiger partial charge < -0.3 is 19.9 Å². The maximum atomic E-state index is 5.84. The SMILES string of the molecule is CCOc1ccccc1OCCOc1cccc(N)c1C. The van der Waals surface area contributed by atoms with Gasteiger partial charge in [-0.2, -0.15) is 0 Å². The highest BCUT2D eigenvalue weighted by molar-refractivity contribution is 5.53. The van der Waals surface area contributed by atoms with Gasteiger partial charge >= 0.3 is 0 Å². The summed E-state index contributed by atoms with van der Waals surface area (Å²) >= 11 is 0. The van der Waals surface area contributed by atoms with Crippen LogP contribution in [-0.2, 0) is 0 Å². The first-order valence-corrected chi connectivity index (χ1v) is 7.05. The molecule has 0 amide bonds. The Morgan fingerprint density at radius 1 is 0.810 bits per heavy atom. The van der Waals surface area contributed by atoms with Crippen molar-refractivity contribution < 1.29 is 14.2 Å². The number of nitrogens with two attached hydrogens (primary N) is 1. The molecular weight excluding hydrogens is 266 g/mol. The van der Waals surface area contributed by atoms with Crippen LogP contribution in [0.4, 0.5) is 5.69 Å². The van der Waals surface area contributed by atoms with E-state index in [1.54, 1.807) is 0 Å². The number of hydrogen-bond acceptors (Lipinski definition) is 4. The van der Waals surface area contributed by atoms with Crippen molar-refractivity contribution in [3.05, 3.63) is 48.0 Å². The van der Waals surface area contributed by atoms with Crippen molar-refractivity contribution in [2.45, 2.75) is 13.8 Å². The van der Waals surface area contributed by atoms with E-state index in [1.807, 2.05) is 56.3 Å². The standard InChI is InChI=1S/C17H21NO3/c1-3-19-16-8-4-5-9-17(16)21-12-11-20-15-10-6-7-14(18)13(15)2/h4-10H,3,11-12,18H2,1-2H3. The molecule has 2 N–H and O–H groups in total. The summed E-state index contributed by atoms with van der Waals surface area (Å²) < 4.78 is 16.9. The Morgan fingerprint density at radius 2 is 1.38 bits per heavy atom. The minimum atomic E-state index is 0.443. The zero-order valence-corrected chi connectivity index (χ0v) is 12.5. The van der Waals surface area contributed by atoms with Gasteiger partial charge in [0, 0.05) is 11.3 Å². The summed E-state index contributed by atoms with van der Waals surface area (Å²) in [6, 6.07) is 13.3. The molecule has 4 heteroatoms. The molecule has 0 fully saturated rings. The predicted octanol–water partition coefficient (Wildman–Crippen LogP) is 3.43. The zero-order valence-electron chi connectivity index (χ0n) is 12.5. The number of ether oxygens (including phenoxy) is 3. The third-order valence-corrected chi connectivity index (χ3v) is 3.07.